The van der Waals surface area contributed by atoms with Crippen molar-refractivity contribution in [3.8, 4) is 0 Å². The van der Waals surface area contributed by atoms with E-state index < -0.39 is 230 Å². The summed E-state index contributed by atoms with van der Waals surface area (Å²) in [6.45, 7) is -5.95. The number of carboxylic acid groups (broad SMARTS) is 3. The number of hydrogen-bond donors (Lipinski definition) is 21. The van der Waals surface area contributed by atoms with Crippen LogP contribution in [0.25, 0.3) is 0 Å². The zero-order valence-corrected chi connectivity index (χ0v) is 38.1. The fourth-order valence-electron chi connectivity index (χ4n) is 8.51. The van der Waals surface area contributed by atoms with Gasteiger partial charge in [-0.25, -0.2) is 18.9 Å². The van der Waals surface area contributed by atoms with E-state index in [4.69, 9.17) is 54.1 Å². The fraction of sp³-hybridized carbons (Fsp3) is 0.917. The Morgan fingerprint density at radius 1 is 0.597 bits per heavy atom. The summed E-state index contributed by atoms with van der Waals surface area (Å²) in [5.41, 5.74) is 11.6. The minimum absolute atomic E-state index is 0.807. The SMILES string of the molecule is N[C@@H]1[C@@H](O)[C@H](O)[C@@H](CO[C@@H]2O[C@H](CO[C@]3(C(=O)O)C[C@@H](O[C@]4(C(=O)O)C[C@@H](O)[C@@H](O)[C@@H]([C@H](O)CO[C@]5(C(=O)O)C[C@@H](O)[C@@H](O)[C@@H]([C@H](O)CO)O5)O4)[C@@H](O)[C@@H]([C@H](O)CO)O3)[C@@H](OP(=O)(O)O)[C@H](O)[C@H]2N)O[C@@H]1O. The van der Waals surface area contributed by atoms with Gasteiger partial charge >= 0.3 is 25.7 Å². The summed E-state index contributed by atoms with van der Waals surface area (Å²) >= 11 is 0. The standard InChI is InChI=1S/C36H61N2O33P/c37-17-23(50)21(48)15(65-29(17)52)7-62-30-18(38)24(51)28(71-72(59,60)61)16(66-30)8-64-35(32(55)56)3-14(22(49)26(69-35)12(44)5-40)67-36(33(57)58)2-10(42)20(47)27(70-36)13(45)6-63-34(31(53)54)1-9(41)19(46)25(68-34)11(43)4-39/h9-30,39-52H,1-8,37-38H2,(H,53,54)(H,55,56)(H,57,58)(H2,59,60,61)/t9-,10-,11-,12-,13-,14-,15-,16-,17-,18-,19-,20-,21-,22-,23-,24-,25-,26-,27-,28-,29+,30-,34-,35-,36-/m1/s1. The number of ether oxygens (including phenoxy) is 9. The number of phosphoric acid groups is 1. The summed E-state index contributed by atoms with van der Waals surface area (Å²) in [6, 6.07) is -3.28. The lowest BCUT2D eigenvalue weighted by Gasteiger charge is -2.50. The molecule has 5 rings (SSSR count). The van der Waals surface area contributed by atoms with Crippen LogP contribution >= 0.6 is 7.82 Å². The molecule has 5 heterocycles. The van der Waals surface area contributed by atoms with Crippen molar-refractivity contribution in [2.75, 3.05) is 33.0 Å². The lowest BCUT2D eigenvalue weighted by molar-refractivity contribution is -0.380. The highest BCUT2D eigenvalue weighted by Crippen LogP contribution is 2.44. The van der Waals surface area contributed by atoms with Gasteiger partial charge in [-0.1, -0.05) is 0 Å². The van der Waals surface area contributed by atoms with E-state index >= 15 is 0 Å². The molecule has 5 aliphatic heterocycles. The molecule has 0 spiro atoms. The molecule has 0 saturated carbocycles. The van der Waals surface area contributed by atoms with Crippen LogP contribution in [0.4, 0.5) is 0 Å². The molecule has 0 radical (unpaired) electrons. The lowest BCUT2D eigenvalue weighted by atomic mass is 9.89. The average molecular weight is 1080 g/mol. The molecule has 5 saturated heterocycles. The smallest absolute Gasteiger partial charge is 0.470 e. The van der Waals surface area contributed by atoms with E-state index in [0.717, 1.165) is 0 Å². The van der Waals surface area contributed by atoms with Crippen LogP contribution in [0.5, 0.6) is 0 Å². The summed E-state index contributed by atoms with van der Waals surface area (Å²) in [6.07, 6.45) is -46.2. The van der Waals surface area contributed by atoms with Gasteiger partial charge in [0.15, 0.2) is 12.6 Å². The minimum Gasteiger partial charge on any atom is -0.477 e. The second-order valence-electron chi connectivity index (χ2n) is 17.6. The highest BCUT2D eigenvalue weighted by molar-refractivity contribution is 7.46. The molecular formula is C36H61N2O33P. The zero-order valence-electron chi connectivity index (χ0n) is 37.2. The first-order valence-corrected chi connectivity index (χ1v) is 23.2. The summed E-state index contributed by atoms with van der Waals surface area (Å²) in [7, 11) is -5.63. The van der Waals surface area contributed by atoms with Crippen LogP contribution in [-0.4, -0.2) is 299 Å². The predicted octanol–water partition coefficient (Wildman–Crippen LogP) is -12.3. The fourth-order valence-corrected chi connectivity index (χ4v) is 9.09. The second-order valence-corrected chi connectivity index (χ2v) is 18.8. The largest absolute Gasteiger partial charge is 0.477 e. The third-order valence-corrected chi connectivity index (χ3v) is 13.1. The third-order valence-electron chi connectivity index (χ3n) is 12.6. The molecule has 35 nitrogen and oxygen atoms in total. The van der Waals surface area contributed by atoms with Gasteiger partial charge in [-0.05, 0) is 0 Å². The molecule has 0 bridgehead atoms. The normalized spacial score (nSPS) is 45.4. The maximum atomic E-state index is 13.2. The van der Waals surface area contributed by atoms with Crippen molar-refractivity contribution < 1.29 is 163 Å². The van der Waals surface area contributed by atoms with Gasteiger partial charge in [-0.3, -0.25) is 4.52 Å². The van der Waals surface area contributed by atoms with Gasteiger partial charge in [0, 0.05) is 19.3 Å². The highest BCUT2D eigenvalue weighted by Gasteiger charge is 2.62. The Labute approximate surface area is 403 Å². The first-order valence-electron chi connectivity index (χ1n) is 21.6. The van der Waals surface area contributed by atoms with E-state index in [1.54, 1.807) is 0 Å². The van der Waals surface area contributed by atoms with E-state index in [2.05, 4.69) is 4.52 Å². The molecule has 0 aromatic carbocycles. The van der Waals surface area contributed by atoms with Crippen LogP contribution in [0.2, 0.25) is 0 Å². The van der Waals surface area contributed by atoms with Crippen LogP contribution in [0.1, 0.15) is 19.3 Å². The van der Waals surface area contributed by atoms with E-state index in [1.807, 2.05) is 0 Å². The number of carboxylic acids is 3. The summed E-state index contributed by atoms with van der Waals surface area (Å²) in [4.78, 5) is 58.0. The maximum Gasteiger partial charge on any atom is 0.470 e. The van der Waals surface area contributed by atoms with Crippen LogP contribution in [0.3, 0.4) is 0 Å². The summed E-state index contributed by atoms with van der Waals surface area (Å²) in [5.74, 6) is -16.3. The Morgan fingerprint density at radius 3 is 1.60 bits per heavy atom. The Morgan fingerprint density at radius 2 is 1.08 bits per heavy atom. The third kappa shape index (κ3) is 12.8. The summed E-state index contributed by atoms with van der Waals surface area (Å²) < 4.78 is 65.6. The molecule has 0 amide bonds. The van der Waals surface area contributed by atoms with Gasteiger partial charge in [-0.2, -0.15) is 0 Å². The van der Waals surface area contributed by atoms with Crippen molar-refractivity contribution in [1.82, 2.24) is 0 Å². The molecule has 0 aromatic heterocycles. The number of rotatable bonds is 21. The molecule has 0 unspecified atom stereocenters. The first kappa shape index (κ1) is 60.4. The van der Waals surface area contributed by atoms with Gasteiger partial charge < -0.3 is 151 Å². The van der Waals surface area contributed by atoms with Gasteiger partial charge in [0.25, 0.3) is 17.4 Å². The van der Waals surface area contributed by atoms with E-state index in [1.165, 1.54) is 0 Å². The molecule has 0 aromatic rings. The molecule has 5 fully saturated rings. The number of aliphatic hydroxyl groups is 14. The van der Waals surface area contributed by atoms with Crippen molar-refractivity contribution in [3.63, 3.8) is 0 Å². The van der Waals surface area contributed by atoms with Gasteiger partial charge in [0.1, 0.15) is 91.6 Å². The molecule has 23 N–H and O–H groups in total. The van der Waals surface area contributed by atoms with Gasteiger partial charge in [0.2, 0.25) is 0 Å². The van der Waals surface area contributed by atoms with Crippen molar-refractivity contribution in [3.05, 3.63) is 0 Å². The Kier molecular flexibility index (Phi) is 20.0. The van der Waals surface area contributed by atoms with Gasteiger partial charge in [0.05, 0.1) is 63.4 Å². The number of carbonyl (C=O) groups is 3. The number of nitrogens with two attached hydrogens (primary N) is 2. The Balaban J connectivity index is 1.42. The monoisotopic (exact) mass is 1080 g/mol. The molecule has 72 heavy (non-hydrogen) atoms. The van der Waals surface area contributed by atoms with E-state index in [9.17, 15) is 116 Å². The maximum absolute atomic E-state index is 13.2. The number of aliphatic hydroxyl groups excluding tert-OH is 14. The van der Waals surface area contributed by atoms with Crippen molar-refractivity contribution in [1.29, 1.82) is 0 Å². The number of phosphoric ester groups is 1. The van der Waals surface area contributed by atoms with E-state index in [0.29, 0.717) is 0 Å². The predicted molar refractivity (Wildman–Crippen MR) is 215 cm³/mol. The highest BCUT2D eigenvalue weighted by atomic mass is 31.2. The quantitative estimate of drug-likeness (QED) is 0.0475. The Bertz CT molecular complexity index is 1890. The molecule has 0 aliphatic carbocycles. The van der Waals surface area contributed by atoms with Crippen LogP contribution < -0.4 is 11.5 Å². The number of aliphatic carboxylic acids is 3. The first-order chi connectivity index (χ1) is 33.4. The molecule has 25 atom stereocenters. The summed E-state index contributed by atoms with van der Waals surface area (Å²) in [5, 5.41) is 178. The van der Waals surface area contributed by atoms with Crippen molar-refractivity contribution in [2.24, 2.45) is 11.5 Å². The van der Waals surface area contributed by atoms with Crippen LogP contribution in [0, 0.1) is 0 Å². The molecule has 36 heteroatoms. The topological polar surface area (TPSA) is 597 Å². The minimum atomic E-state index is -5.63. The molecule has 418 valence electrons. The van der Waals surface area contributed by atoms with Crippen LogP contribution in [-0.2, 0) is 66.1 Å². The van der Waals surface area contributed by atoms with Crippen LogP contribution in [0.15, 0.2) is 0 Å². The Hall–Kier alpha value is -2.48. The van der Waals surface area contributed by atoms with Gasteiger partial charge in [-0.15, -0.1) is 0 Å². The van der Waals surface area contributed by atoms with Crippen molar-refractivity contribution in [2.45, 2.75) is 171 Å². The zero-order chi connectivity index (χ0) is 54.2. The molecular weight excluding hydrogens is 1020 g/mol. The average Bonchev–Trinajstić information content (AvgIpc) is 3.31. The number of hydrogen-bond acceptors (Lipinski definition) is 30. The van der Waals surface area contributed by atoms with Crippen molar-refractivity contribution >= 4 is 25.7 Å². The lowest BCUT2D eigenvalue weighted by Crippen LogP contribution is -2.68. The second kappa shape index (κ2) is 23.8. The molecule has 5 aliphatic rings. The van der Waals surface area contributed by atoms with E-state index in [-0.39, 0.29) is 0 Å².